The fourth-order valence-electron chi connectivity index (χ4n) is 9.97. The monoisotopic (exact) mass is 1430 g/mol. The first-order valence-corrected chi connectivity index (χ1v) is 41.5. The van der Waals surface area contributed by atoms with E-state index in [1.165, 1.54) is 70.6 Å². The zero-order valence-corrected chi connectivity index (χ0v) is 63.7. The maximum atomic E-state index is 12.9. The van der Waals surface area contributed by atoms with Crippen LogP contribution in [-0.2, 0) is 55.8 Å². The maximum Gasteiger partial charge on any atom is 0.472 e. The van der Waals surface area contributed by atoms with Crippen molar-refractivity contribution < 1.29 is 75.8 Å². The molecule has 0 aromatic rings. The maximum absolute atomic E-state index is 12.9. The van der Waals surface area contributed by atoms with Crippen molar-refractivity contribution in [2.75, 3.05) is 39.6 Å². The molecular weight excluding hydrogens is 1290 g/mol. The lowest BCUT2D eigenvalue weighted by Crippen LogP contribution is -2.30. The average Bonchev–Trinajstić information content (AvgIpc) is 1.04. The Morgan fingerprint density at radius 2 is 0.556 bits per heavy atom. The van der Waals surface area contributed by atoms with Crippen LogP contribution in [-0.4, -0.2) is 95.9 Å². The van der Waals surface area contributed by atoms with Crippen molar-refractivity contribution in [3.8, 4) is 0 Å². The molecule has 5 unspecified atom stereocenters. The van der Waals surface area contributed by atoms with Gasteiger partial charge in [0, 0.05) is 19.3 Å². The summed E-state index contributed by atoms with van der Waals surface area (Å²) in [7, 11) is -9.80. The topological polar surface area (TPSA) is 231 Å². The largest absolute Gasteiger partial charge is 0.472 e. The predicted octanol–water partition coefficient (Wildman–Crippen LogP) is 22.3. The zero-order valence-electron chi connectivity index (χ0n) is 61.9. The van der Waals surface area contributed by atoms with E-state index in [-0.39, 0.29) is 19.3 Å². The summed E-state index contributed by atoms with van der Waals surface area (Å²) >= 11 is 0. The Morgan fingerprint density at radius 1 is 0.293 bits per heavy atom. The van der Waals surface area contributed by atoms with Crippen LogP contribution in [0.4, 0.5) is 0 Å². The summed E-state index contributed by atoms with van der Waals surface area (Å²) in [5.41, 5.74) is 0. The quantitative estimate of drug-likeness (QED) is 0.0146. The SMILES string of the molecule is CC/C=C\C/C=C\C/C=C\C/C=C\C/C=C\CCCCCCCCCCCCCC(=O)OCC(O)COP(=O)(O)OCC(O)COP(=O)(O)OCC(COC(=O)CCCCCCCCC/C=C\C/C=C\C/C=C\C/C=C\CCCCC)OC(=O)CCCCCCC/C=C\C/C=C\CCC. The molecule has 0 aromatic carbocycles. The summed E-state index contributed by atoms with van der Waals surface area (Å²) in [6.07, 6.45) is 87.8. The highest BCUT2D eigenvalue weighted by Gasteiger charge is 2.29. The molecule has 0 rings (SSSR count). The Hall–Kier alpha value is -4.31. The van der Waals surface area contributed by atoms with E-state index in [2.05, 4.69) is 154 Å². The second-order valence-corrected chi connectivity index (χ2v) is 28.3. The number of hydrogen-bond donors (Lipinski definition) is 4. The molecule has 0 spiro atoms. The minimum absolute atomic E-state index is 0.0831. The average molecular weight is 1430 g/mol. The van der Waals surface area contributed by atoms with E-state index in [1.807, 2.05) is 0 Å². The third kappa shape index (κ3) is 74.7. The molecule has 0 heterocycles. The number of phosphoric acid groups is 2. The van der Waals surface area contributed by atoms with Gasteiger partial charge in [0.15, 0.2) is 6.10 Å². The summed E-state index contributed by atoms with van der Waals surface area (Å²) in [5.74, 6) is -1.61. The van der Waals surface area contributed by atoms with Crippen molar-refractivity contribution in [2.24, 2.45) is 0 Å². The van der Waals surface area contributed by atoms with E-state index >= 15 is 0 Å². The number of carbonyl (C=O) groups is 3. The van der Waals surface area contributed by atoms with Crippen LogP contribution in [0.5, 0.6) is 0 Å². The van der Waals surface area contributed by atoms with Gasteiger partial charge in [0.2, 0.25) is 0 Å². The van der Waals surface area contributed by atoms with Gasteiger partial charge in [-0.25, -0.2) is 9.13 Å². The standard InChI is InChI=1S/C81H138O16P2/c1-4-7-10-13-16-19-22-25-27-29-31-33-35-36-37-38-40-42-43-45-47-50-52-55-58-61-64-67-79(84)91-70-76(82)71-93-98(87,88)94-72-77(83)73-95-99(89,90)96-75-78(97-81(86)69-66-63-60-57-54-49-24-21-18-15-12-9-6-3)74-92-80(85)68-65-62-59-56-53-51-48-46-44-41-39-34-32-30-28-26-23-20-17-14-11-8-5-2/h7,10,12,15-17,19-21,24-28,31-34,36-37,41,44,76-78,82-83H,4-6,8-9,11,13-14,18,22-23,29-30,35,38-40,42-43,45-75H2,1-3H3,(H,87,88)(H,89,90)/b10-7-,15-12-,19-16-,20-17-,24-21-,27-25-,28-26-,33-31-,34-32-,37-36-,44-41-. The lowest BCUT2D eigenvalue weighted by Gasteiger charge is -2.21. The predicted molar refractivity (Wildman–Crippen MR) is 408 cm³/mol. The van der Waals surface area contributed by atoms with E-state index < -0.39 is 91.5 Å². The Morgan fingerprint density at radius 3 is 0.889 bits per heavy atom. The van der Waals surface area contributed by atoms with Gasteiger partial charge in [0.05, 0.1) is 26.4 Å². The van der Waals surface area contributed by atoms with E-state index in [0.29, 0.717) is 19.3 Å². The fraction of sp³-hybridized carbons (Fsp3) is 0.691. The molecule has 0 fully saturated rings. The Labute approximate surface area is 601 Å². The number of hydrogen-bond acceptors (Lipinski definition) is 14. The van der Waals surface area contributed by atoms with Crippen LogP contribution in [0, 0.1) is 0 Å². The highest BCUT2D eigenvalue weighted by molar-refractivity contribution is 7.47. The van der Waals surface area contributed by atoms with Crippen molar-refractivity contribution in [2.45, 2.75) is 322 Å². The molecule has 0 saturated heterocycles. The molecule has 568 valence electrons. The number of esters is 3. The Bertz CT molecular complexity index is 2330. The normalized spacial score (nSPS) is 14.8. The summed E-state index contributed by atoms with van der Waals surface area (Å²) in [6.45, 7) is 2.44. The minimum Gasteiger partial charge on any atom is -0.463 e. The number of unbranched alkanes of at least 4 members (excludes halogenated alkanes) is 27. The summed E-state index contributed by atoms with van der Waals surface area (Å²) in [6, 6.07) is 0. The van der Waals surface area contributed by atoms with Crippen molar-refractivity contribution in [1.82, 2.24) is 0 Å². The number of rotatable bonds is 72. The molecule has 0 aliphatic carbocycles. The van der Waals surface area contributed by atoms with Gasteiger partial charge < -0.3 is 34.2 Å². The number of phosphoric ester groups is 2. The highest BCUT2D eigenvalue weighted by atomic mass is 31.2. The molecule has 0 radical (unpaired) electrons. The van der Waals surface area contributed by atoms with E-state index in [9.17, 15) is 43.5 Å². The Balaban J connectivity index is 4.55. The summed E-state index contributed by atoms with van der Waals surface area (Å²) in [5, 5.41) is 20.6. The van der Waals surface area contributed by atoms with Crippen LogP contribution in [0.1, 0.15) is 303 Å². The third-order valence-electron chi connectivity index (χ3n) is 15.8. The smallest absolute Gasteiger partial charge is 0.463 e. The van der Waals surface area contributed by atoms with Gasteiger partial charge in [-0.1, -0.05) is 283 Å². The molecule has 0 amide bonds. The molecule has 0 aliphatic heterocycles. The van der Waals surface area contributed by atoms with Crippen LogP contribution in [0.15, 0.2) is 134 Å². The molecule has 0 bridgehead atoms. The van der Waals surface area contributed by atoms with Crippen molar-refractivity contribution in [3.63, 3.8) is 0 Å². The van der Waals surface area contributed by atoms with Crippen molar-refractivity contribution in [3.05, 3.63) is 134 Å². The van der Waals surface area contributed by atoms with Crippen molar-refractivity contribution in [1.29, 1.82) is 0 Å². The molecule has 0 saturated carbocycles. The van der Waals surface area contributed by atoms with E-state index in [4.69, 9.17) is 32.3 Å². The molecule has 5 atom stereocenters. The van der Waals surface area contributed by atoms with Crippen LogP contribution in [0.3, 0.4) is 0 Å². The summed E-state index contributed by atoms with van der Waals surface area (Å²) in [4.78, 5) is 58.6. The van der Waals surface area contributed by atoms with Crippen LogP contribution in [0.25, 0.3) is 0 Å². The number of carbonyl (C=O) groups excluding carboxylic acids is 3. The Kier molecular flexibility index (Phi) is 70.2. The van der Waals surface area contributed by atoms with Gasteiger partial charge in [-0.3, -0.25) is 32.5 Å². The first-order valence-electron chi connectivity index (χ1n) is 38.5. The van der Waals surface area contributed by atoms with Gasteiger partial charge in [-0.15, -0.1) is 0 Å². The van der Waals surface area contributed by atoms with Gasteiger partial charge in [0.25, 0.3) is 0 Å². The number of aliphatic hydroxyl groups excluding tert-OH is 2. The lowest BCUT2D eigenvalue weighted by molar-refractivity contribution is -0.161. The van der Waals surface area contributed by atoms with E-state index in [0.717, 1.165) is 173 Å². The molecule has 18 heteroatoms. The van der Waals surface area contributed by atoms with Gasteiger partial charge in [-0.2, -0.15) is 0 Å². The lowest BCUT2D eigenvalue weighted by atomic mass is 10.0. The number of allylic oxidation sites excluding steroid dienone is 22. The molecule has 16 nitrogen and oxygen atoms in total. The molecule has 0 aromatic heterocycles. The highest BCUT2D eigenvalue weighted by Crippen LogP contribution is 2.45. The molecule has 0 aliphatic rings. The first kappa shape index (κ1) is 94.7. The fourth-order valence-corrected chi connectivity index (χ4v) is 11.6. The molecule has 4 N–H and O–H groups in total. The van der Waals surface area contributed by atoms with Crippen LogP contribution < -0.4 is 0 Å². The van der Waals surface area contributed by atoms with Gasteiger partial charge in [0.1, 0.15) is 25.4 Å². The third-order valence-corrected chi connectivity index (χ3v) is 17.7. The minimum atomic E-state index is -4.94. The first-order chi connectivity index (χ1) is 48.2. The summed E-state index contributed by atoms with van der Waals surface area (Å²) < 4.78 is 61.1. The van der Waals surface area contributed by atoms with Gasteiger partial charge >= 0.3 is 33.6 Å². The van der Waals surface area contributed by atoms with E-state index in [1.54, 1.807) is 0 Å². The van der Waals surface area contributed by atoms with Crippen LogP contribution >= 0.6 is 15.6 Å². The van der Waals surface area contributed by atoms with Crippen molar-refractivity contribution >= 4 is 33.6 Å². The van der Waals surface area contributed by atoms with Crippen LogP contribution in [0.2, 0.25) is 0 Å². The zero-order chi connectivity index (χ0) is 72.3. The van der Waals surface area contributed by atoms with Gasteiger partial charge in [-0.05, 0) is 135 Å². The second kappa shape index (κ2) is 73.4. The molecule has 99 heavy (non-hydrogen) atoms. The number of ether oxygens (including phenoxy) is 3. The second-order valence-electron chi connectivity index (χ2n) is 25.4. The number of aliphatic hydroxyl groups is 2. The molecular formula is C81H138O16P2.